The average Bonchev–Trinajstić information content (AvgIpc) is 2.62. The van der Waals surface area contributed by atoms with E-state index in [-0.39, 0.29) is 48.3 Å². The maximum Gasteiger partial charge on any atom is 0.257 e. The van der Waals surface area contributed by atoms with Gasteiger partial charge in [0.25, 0.3) is 5.91 Å². The van der Waals surface area contributed by atoms with Crippen molar-refractivity contribution >= 4 is 15.9 Å². The van der Waals surface area contributed by atoms with E-state index in [0.717, 1.165) is 5.56 Å². The summed E-state index contributed by atoms with van der Waals surface area (Å²) in [5, 5.41) is 9.81. The average molecular weight is 360 g/mol. The van der Waals surface area contributed by atoms with Crippen molar-refractivity contribution < 1.29 is 18.3 Å². The maximum atomic E-state index is 12.7. The van der Waals surface area contributed by atoms with Gasteiger partial charge in [0.05, 0.1) is 10.5 Å². The molecule has 3 rings (SSSR count). The first-order valence-corrected chi connectivity index (χ1v) is 9.48. The van der Waals surface area contributed by atoms with Gasteiger partial charge in [-0.15, -0.1) is 0 Å². The Hall–Kier alpha value is -2.38. The van der Waals surface area contributed by atoms with Crippen LogP contribution in [0.15, 0.2) is 53.4 Å². The van der Waals surface area contributed by atoms with Gasteiger partial charge in [-0.3, -0.25) is 4.79 Å². The molecule has 0 bridgehead atoms. The van der Waals surface area contributed by atoms with Gasteiger partial charge < -0.3 is 10.0 Å². The van der Waals surface area contributed by atoms with E-state index in [1.807, 2.05) is 13.0 Å². The number of sulfonamides is 1. The van der Waals surface area contributed by atoms with Crippen molar-refractivity contribution in [2.75, 3.05) is 26.2 Å². The minimum Gasteiger partial charge on any atom is -0.507 e. The number of benzene rings is 2. The second kappa shape index (κ2) is 6.85. The van der Waals surface area contributed by atoms with Crippen molar-refractivity contribution in [1.82, 2.24) is 9.21 Å². The first-order valence-electron chi connectivity index (χ1n) is 8.03. The number of para-hydroxylation sites is 1. The van der Waals surface area contributed by atoms with Crippen LogP contribution in [0.2, 0.25) is 0 Å². The van der Waals surface area contributed by atoms with Gasteiger partial charge in [0.15, 0.2) is 0 Å². The van der Waals surface area contributed by atoms with Gasteiger partial charge >= 0.3 is 0 Å². The Morgan fingerprint density at radius 1 is 1.00 bits per heavy atom. The molecule has 1 saturated heterocycles. The number of phenolic OH excluding ortho intramolecular Hbond substituents is 1. The lowest BCUT2D eigenvalue weighted by Crippen LogP contribution is -2.50. The number of rotatable bonds is 3. The highest BCUT2D eigenvalue weighted by Crippen LogP contribution is 2.21. The summed E-state index contributed by atoms with van der Waals surface area (Å²) in [5.74, 6) is -0.354. The Kier molecular flexibility index (Phi) is 4.78. The van der Waals surface area contributed by atoms with Crippen LogP contribution >= 0.6 is 0 Å². The molecule has 0 radical (unpaired) electrons. The summed E-state index contributed by atoms with van der Waals surface area (Å²) >= 11 is 0. The van der Waals surface area contributed by atoms with Crippen LogP contribution in [0.5, 0.6) is 5.75 Å². The highest BCUT2D eigenvalue weighted by Gasteiger charge is 2.31. The van der Waals surface area contributed by atoms with E-state index in [0.29, 0.717) is 0 Å². The van der Waals surface area contributed by atoms with E-state index >= 15 is 0 Å². The monoisotopic (exact) mass is 360 g/mol. The Labute approximate surface area is 147 Å². The van der Waals surface area contributed by atoms with Crippen molar-refractivity contribution in [3.8, 4) is 5.75 Å². The predicted molar refractivity (Wildman–Crippen MR) is 93.9 cm³/mol. The SMILES string of the molecule is Cc1cccc(S(=O)(=O)N2CCN(C(=O)c3ccccc3O)CC2)c1. The number of nitrogens with zero attached hydrogens (tertiary/aromatic N) is 2. The van der Waals surface area contributed by atoms with E-state index in [1.54, 1.807) is 41.3 Å². The molecule has 1 N–H and O–H groups in total. The molecule has 0 saturated carbocycles. The molecule has 0 aromatic heterocycles. The molecule has 6 nitrogen and oxygen atoms in total. The van der Waals surface area contributed by atoms with Crippen LogP contribution in [-0.4, -0.2) is 54.8 Å². The lowest BCUT2D eigenvalue weighted by molar-refractivity contribution is 0.0695. The van der Waals surface area contributed by atoms with Crippen LogP contribution < -0.4 is 0 Å². The number of carbonyl (C=O) groups excluding carboxylic acids is 1. The molecule has 2 aromatic carbocycles. The number of phenols is 1. The summed E-state index contributed by atoms with van der Waals surface area (Å²) < 4.78 is 26.8. The summed E-state index contributed by atoms with van der Waals surface area (Å²) in [6.45, 7) is 2.89. The topological polar surface area (TPSA) is 77.9 Å². The lowest BCUT2D eigenvalue weighted by atomic mass is 10.1. The van der Waals surface area contributed by atoms with Gasteiger partial charge in [-0.05, 0) is 36.8 Å². The van der Waals surface area contributed by atoms with Crippen LogP contribution in [0.3, 0.4) is 0 Å². The second-order valence-corrected chi connectivity index (χ2v) is 7.97. The molecule has 25 heavy (non-hydrogen) atoms. The summed E-state index contributed by atoms with van der Waals surface area (Å²) in [4.78, 5) is 14.3. The largest absolute Gasteiger partial charge is 0.507 e. The number of aryl methyl sites for hydroxylation is 1. The lowest BCUT2D eigenvalue weighted by Gasteiger charge is -2.34. The summed E-state index contributed by atoms with van der Waals surface area (Å²) in [6.07, 6.45) is 0. The van der Waals surface area contributed by atoms with Gasteiger partial charge in [0.1, 0.15) is 5.75 Å². The first-order chi connectivity index (χ1) is 11.9. The minimum absolute atomic E-state index is 0.0673. The van der Waals surface area contributed by atoms with Crippen LogP contribution in [0.4, 0.5) is 0 Å². The molecule has 1 amide bonds. The van der Waals surface area contributed by atoms with Crippen LogP contribution in [0, 0.1) is 6.92 Å². The summed E-state index contributed by atoms with van der Waals surface area (Å²) in [7, 11) is -3.56. The fourth-order valence-electron chi connectivity index (χ4n) is 2.88. The molecule has 0 atom stereocenters. The fraction of sp³-hybridized carbons (Fsp3) is 0.278. The van der Waals surface area contributed by atoms with Crippen molar-refractivity contribution in [3.05, 3.63) is 59.7 Å². The quantitative estimate of drug-likeness (QED) is 0.906. The Morgan fingerprint density at radius 2 is 1.68 bits per heavy atom. The maximum absolute atomic E-state index is 12.7. The number of aromatic hydroxyl groups is 1. The van der Waals surface area contributed by atoms with Gasteiger partial charge in [0, 0.05) is 26.2 Å². The van der Waals surface area contributed by atoms with Gasteiger partial charge in [0.2, 0.25) is 10.0 Å². The smallest absolute Gasteiger partial charge is 0.257 e. The van der Waals surface area contributed by atoms with Crippen LogP contribution in [-0.2, 0) is 10.0 Å². The Bertz CT molecular complexity index is 887. The first kappa shape index (κ1) is 17.4. The molecule has 7 heteroatoms. The van der Waals surface area contributed by atoms with Gasteiger partial charge in [-0.2, -0.15) is 4.31 Å². The standard InChI is InChI=1S/C18H20N2O4S/c1-14-5-4-6-15(13-14)25(23,24)20-11-9-19(10-12-20)18(22)16-7-2-3-8-17(16)21/h2-8,13,21H,9-12H2,1H3. The van der Waals surface area contributed by atoms with Crippen molar-refractivity contribution in [3.63, 3.8) is 0 Å². The molecule has 0 spiro atoms. The molecule has 1 aliphatic heterocycles. The highest BCUT2D eigenvalue weighted by atomic mass is 32.2. The predicted octanol–water partition coefficient (Wildman–Crippen LogP) is 1.85. The zero-order chi connectivity index (χ0) is 18.0. The van der Waals surface area contributed by atoms with Gasteiger partial charge in [-0.1, -0.05) is 24.3 Å². The van der Waals surface area contributed by atoms with Crippen molar-refractivity contribution in [2.24, 2.45) is 0 Å². The minimum atomic E-state index is -3.56. The van der Waals surface area contributed by atoms with Crippen molar-refractivity contribution in [1.29, 1.82) is 0 Å². The Balaban J connectivity index is 1.72. The molecule has 2 aromatic rings. The number of hydrogen-bond donors (Lipinski definition) is 1. The normalized spacial score (nSPS) is 16.0. The molecule has 1 heterocycles. The number of amides is 1. The number of piperazine rings is 1. The van der Waals surface area contributed by atoms with E-state index in [4.69, 9.17) is 0 Å². The highest BCUT2D eigenvalue weighted by molar-refractivity contribution is 7.89. The number of carbonyl (C=O) groups is 1. The Morgan fingerprint density at radius 3 is 2.32 bits per heavy atom. The summed E-state index contributed by atoms with van der Waals surface area (Å²) in [6, 6.07) is 13.2. The molecule has 0 aliphatic carbocycles. The molecule has 1 fully saturated rings. The van der Waals surface area contributed by atoms with Crippen LogP contribution in [0.25, 0.3) is 0 Å². The zero-order valence-electron chi connectivity index (χ0n) is 13.9. The number of hydrogen-bond acceptors (Lipinski definition) is 4. The third kappa shape index (κ3) is 3.52. The molecule has 132 valence electrons. The van der Waals surface area contributed by atoms with E-state index in [2.05, 4.69) is 0 Å². The van der Waals surface area contributed by atoms with Crippen molar-refractivity contribution in [2.45, 2.75) is 11.8 Å². The van der Waals surface area contributed by atoms with E-state index in [1.165, 1.54) is 10.4 Å². The molecular weight excluding hydrogens is 340 g/mol. The van der Waals surface area contributed by atoms with E-state index < -0.39 is 10.0 Å². The third-order valence-corrected chi connectivity index (χ3v) is 6.18. The zero-order valence-corrected chi connectivity index (χ0v) is 14.7. The second-order valence-electron chi connectivity index (χ2n) is 6.03. The molecule has 0 unspecified atom stereocenters. The molecule has 1 aliphatic rings. The molecular formula is C18H20N2O4S. The van der Waals surface area contributed by atoms with E-state index in [9.17, 15) is 18.3 Å². The third-order valence-electron chi connectivity index (χ3n) is 4.29. The summed E-state index contributed by atoms with van der Waals surface area (Å²) in [5.41, 5.74) is 1.12. The fourth-order valence-corrected chi connectivity index (χ4v) is 4.41. The van der Waals surface area contributed by atoms with Crippen LogP contribution in [0.1, 0.15) is 15.9 Å². The van der Waals surface area contributed by atoms with Gasteiger partial charge in [-0.25, -0.2) is 8.42 Å².